The quantitative estimate of drug-likeness (QED) is 0.710. The normalized spacial score (nSPS) is 10.6. The molecule has 2 rings (SSSR count). The Labute approximate surface area is 132 Å². The number of hydrogen-bond donors (Lipinski definition) is 1. The lowest BCUT2D eigenvalue weighted by atomic mass is 10.1. The zero-order valence-corrected chi connectivity index (χ0v) is 13.8. The Morgan fingerprint density at radius 2 is 1.74 bits per heavy atom. The van der Waals surface area contributed by atoms with Crippen molar-refractivity contribution < 1.29 is 0 Å². The van der Waals surface area contributed by atoms with Crippen LogP contribution in [0.3, 0.4) is 0 Å². The maximum Gasteiger partial charge on any atom is 0.0642 e. The molecule has 0 radical (unpaired) electrons. The molecule has 0 spiro atoms. The van der Waals surface area contributed by atoms with Crippen molar-refractivity contribution >= 4 is 44.8 Å². The van der Waals surface area contributed by atoms with Gasteiger partial charge in [0.25, 0.3) is 0 Å². The van der Waals surface area contributed by atoms with Gasteiger partial charge >= 0.3 is 0 Å². The van der Waals surface area contributed by atoms with Crippen LogP contribution in [0.5, 0.6) is 0 Å². The first-order chi connectivity index (χ1) is 8.99. The molecule has 0 unspecified atom stereocenters. The van der Waals surface area contributed by atoms with E-state index in [4.69, 9.17) is 23.2 Å². The number of halogens is 3. The first kappa shape index (κ1) is 14.7. The van der Waals surface area contributed by atoms with E-state index < -0.39 is 0 Å². The summed E-state index contributed by atoms with van der Waals surface area (Å²) in [6.45, 7) is 4.81. The molecule has 0 aliphatic carbocycles. The summed E-state index contributed by atoms with van der Waals surface area (Å²) in [5, 5.41) is 4.57. The third-order valence-corrected chi connectivity index (χ3v) is 5.06. The largest absolute Gasteiger partial charge is 0.381 e. The summed E-state index contributed by atoms with van der Waals surface area (Å²) in [7, 11) is 0. The topological polar surface area (TPSA) is 12.0 Å². The van der Waals surface area contributed by atoms with Crippen LogP contribution >= 0.6 is 39.1 Å². The molecule has 100 valence electrons. The molecule has 0 bridgehead atoms. The summed E-state index contributed by atoms with van der Waals surface area (Å²) in [6.07, 6.45) is 0. The number of hydrogen-bond acceptors (Lipinski definition) is 1. The van der Waals surface area contributed by atoms with E-state index in [9.17, 15) is 0 Å². The van der Waals surface area contributed by atoms with Crippen LogP contribution in [0.25, 0.3) is 0 Å². The van der Waals surface area contributed by atoms with Crippen LogP contribution in [-0.4, -0.2) is 0 Å². The van der Waals surface area contributed by atoms with Crippen molar-refractivity contribution in [3.05, 3.63) is 61.5 Å². The van der Waals surface area contributed by atoms with Gasteiger partial charge in [0.05, 0.1) is 10.0 Å². The number of aryl methyl sites for hydroxylation is 2. The second kappa shape index (κ2) is 6.17. The second-order valence-corrected chi connectivity index (χ2v) is 6.07. The van der Waals surface area contributed by atoms with Crippen LogP contribution in [0.4, 0.5) is 5.69 Å². The smallest absolute Gasteiger partial charge is 0.0642 e. The summed E-state index contributed by atoms with van der Waals surface area (Å²) >= 11 is 15.7. The van der Waals surface area contributed by atoms with Crippen LogP contribution in [0, 0.1) is 13.8 Å². The van der Waals surface area contributed by atoms with Crippen molar-refractivity contribution in [3.63, 3.8) is 0 Å². The third-order valence-electron chi connectivity index (χ3n) is 2.95. The molecular weight excluding hydrogens is 345 g/mol. The van der Waals surface area contributed by atoms with Gasteiger partial charge in [-0.1, -0.05) is 51.3 Å². The molecule has 4 heteroatoms. The predicted molar refractivity (Wildman–Crippen MR) is 87.4 cm³/mol. The lowest BCUT2D eigenvalue weighted by Gasteiger charge is -2.12. The van der Waals surface area contributed by atoms with E-state index in [-0.39, 0.29) is 0 Å². The molecule has 0 amide bonds. The fourth-order valence-corrected chi connectivity index (χ4v) is 2.55. The van der Waals surface area contributed by atoms with Gasteiger partial charge < -0.3 is 5.32 Å². The Kier molecular flexibility index (Phi) is 4.77. The van der Waals surface area contributed by atoms with E-state index in [1.54, 1.807) is 6.07 Å². The van der Waals surface area contributed by atoms with Gasteiger partial charge in [0.1, 0.15) is 0 Å². The summed E-state index contributed by atoms with van der Waals surface area (Å²) in [5.41, 5.74) is 4.49. The van der Waals surface area contributed by atoms with Crippen LogP contribution in [0.2, 0.25) is 10.0 Å². The van der Waals surface area contributed by atoms with Crippen molar-refractivity contribution in [1.29, 1.82) is 0 Å². The van der Waals surface area contributed by atoms with Gasteiger partial charge in [0, 0.05) is 16.7 Å². The highest BCUT2D eigenvalue weighted by Gasteiger charge is 2.05. The van der Waals surface area contributed by atoms with Crippen molar-refractivity contribution in [1.82, 2.24) is 0 Å². The van der Waals surface area contributed by atoms with Crippen LogP contribution in [0.15, 0.2) is 34.8 Å². The first-order valence-corrected chi connectivity index (χ1v) is 7.47. The number of anilines is 1. The Morgan fingerprint density at radius 3 is 2.37 bits per heavy atom. The maximum absolute atomic E-state index is 6.17. The van der Waals surface area contributed by atoms with E-state index in [2.05, 4.69) is 47.2 Å². The minimum absolute atomic E-state index is 0.587. The Balaban J connectivity index is 2.17. The van der Waals surface area contributed by atoms with Gasteiger partial charge in [-0.05, 0) is 48.7 Å². The molecule has 0 saturated heterocycles. The van der Waals surface area contributed by atoms with E-state index in [0.717, 1.165) is 15.7 Å². The minimum Gasteiger partial charge on any atom is -0.381 e. The maximum atomic E-state index is 6.17. The van der Waals surface area contributed by atoms with Crippen LogP contribution in [0.1, 0.15) is 16.7 Å². The summed E-state index contributed by atoms with van der Waals surface area (Å²) in [5.74, 6) is 0. The fourth-order valence-electron chi connectivity index (χ4n) is 1.93. The average molecular weight is 359 g/mol. The molecule has 0 heterocycles. The SMILES string of the molecule is Cc1cc(NCc2cccc(Cl)c2Cl)cc(C)c1Br. The van der Waals surface area contributed by atoms with Crippen molar-refractivity contribution in [3.8, 4) is 0 Å². The van der Waals surface area contributed by atoms with Gasteiger partial charge in [-0.25, -0.2) is 0 Å². The minimum atomic E-state index is 0.587. The average Bonchev–Trinajstić information content (AvgIpc) is 2.37. The molecule has 0 aromatic heterocycles. The van der Waals surface area contributed by atoms with Gasteiger partial charge in [-0.2, -0.15) is 0 Å². The fraction of sp³-hybridized carbons (Fsp3) is 0.200. The highest BCUT2D eigenvalue weighted by atomic mass is 79.9. The second-order valence-electron chi connectivity index (χ2n) is 4.49. The zero-order valence-electron chi connectivity index (χ0n) is 10.7. The molecule has 0 saturated carbocycles. The van der Waals surface area contributed by atoms with Gasteiger partial charge in [0.15, 0.2) is 0 Å². The Bertz CT molecular complexity index is 588. The van der Waals surface area contributed by atoms with Gasteiger partial charge in [-0.15, -0.1) is 0 Å². The number of benzene rings is 2. The molecule has 2 aromatic rings. The standard InChI is InChI=1S/C15H14BrCl2N/c1-9-6-12(7-10(2)14(9)16)19-8-11-4-3-5-13(17)15(11)18/h3-7,19H,8H2,1-2H3. The Morgan fingerprint density at radius 1 is 1.11 bits per heavy atom. The molecule has 19 heavy (non-hydrogen) atoms. The van der Waals surface area contributed by atoms with Crippen molar-refractivity contribution in [2.75, 3.05) is 5.32 Å². The molecule has 0 aliphatic heterocycles. The highest BCUT2D eigenvalue weighted by molar-refractivity contribution is 9.10. The molecule has 2 aromatic carbocycles. The number of nitrogens with one attached hydrogen (secondary N) is 1. The summed E-state index contributed by atoms with van der Waals surface area (Å²) in [4.78, 5) is 0. The Hall–Kier alpha value is -0.700. The van der Waals surface area contributed by atoms with Gasteiger partial charge in [0.2, 0.25) is 0 Å². The molecular formula is C15H14BrCl2N. The molecule has 0 fully saturated rings. The van der Waals surface area contributed by atoms with Crippen LogP contribution < -0.4 is 5.32 Å². The van der Waals surface area contributed by atoms with E-state index in [0.29, 0.717) is 16.6 Å². The number of rotatable bonds is 3. The molecule has 0 aliphatic rings. The highest BCUT2D eigenvalue weighted by Crippen LogP contribution is 2.28. The lowest BCUT2D eigenvalue weighted by molar-refractivity contribution is 1.14. The third kappa shape index (κ3) is 3.44. The monoisotopic (exact) mass is 357 g/mol. The molecule has 1 nitrogen and oxygen atoms in total. The van der Waals surface area contributed by atoms with E-state index >= 15 is 0 Å². The van der Waals surface area contributed by atoms with Gasteiger partial charge in [-0.3, -0.25) is 0 Å². The summed E-state index contributed by atoms with van der Waals surface area (Å²) in [6, 6.07) is 9.88. The lowest BCUT2D eigenvalue weighted by Crippen LogP contribution is -2.01. The molecule has 0 atom stereocenters. The molecule has 1 N–H and O–H groups in total. The predicted octanol–water partition coefficient (Wildman–Crippen LogP) is 5.98. The van der Waals surface area contributed by atoms with E-state index in [1.807, 2.05) is 12.1 Å². The first-order valence-electron chi connectivity index (χ1n) is 5.92. The van der Waals surface area contributed by atoms with Crippen molar-refractivity contribution in [2.24, 2.45) is 0 Å². The zero-order chi connectivity index (χ0) is 14.0. The summed E-state index contributed by atoms with van der Waals surface area (Å²) < 4.78 is 1.15. The van der Waals surface area contributed by atoms with E-state index in [1.165, 1.54) is 11.1 Å². The van der Waals surface area contributed by atoms with Crippen LogP contribution in [-0.2, 0) is 6.54 Å². The van der Waals surface area contributed by atoms with Crippen molar-refractivity contribution in [2.45, 2.75) is 20.4 Å².